The van der Waals surface area contributed by atoms with Crippen LogP contribution in [0.15, 0.2) is 59.6 Å². The second-order valence-electron chi connectivity index (χ2n) is 7.19. The number of nitrogens with one attached hydrogen (secondary N) is 2. The van der Waals surface area contributed by atoms with E-state index in [1.165, 1.54) is 16.7 Å². The van der Waals surface area contributed by atoms with Crippen molar-refractivity contribution in [2.24, 2.45) is 4.99 Å². The van der Waals surface area contributed by atoms with E-state index in [2.05, 4.69) is 76.0 Å². The van der Waals surface area contributed by atoms with Crippen LogP contribution in [0.3, 0.4) is 0 Å². The molecule has 3 rings (SSSR count). The maximum Gasteiger partial charge on any atom is 0.191 e. The molecule has 5 nitrogen and oxygen atoms in total. The number of aryl methyl sites for hydroxylation is 1. The Labute approximate surface area is 192 Å². The molecule has 1 fully saturated rings. The first-order chi connectivity index (χ1) is 13.8. The Balaban J connectivity index is 0.00000300. The third kappa shape index (κ3) is 7.60. The highest BCUT2D eigenvalue weighted by molar-refractivity contribution is 14.0. The molecule has 0 saturated carbocycles. The van der Waals surface area contributed by atoms with Gasteiger partial charge in [-0.15, -0.1) is 24.0 Å². The zero-order chi connectivity index (χ0) is 19.6. The summed E-state index contributed by atoms with van der Waals surface area (Å²) in [6, 6.07) is 19.7. The molecule has 2 aromatic carbocycles. The van der Waals surface area contributed by atoms with Gasteiger partial charge in [0.1, 0.15) is 0 Å². The van der Waals surface area contributed by atoms with E-state index < -0.39 is 0 Å². The van der Waals surface area contributed by atoms with Crippen molar-refractivity contribution in [2.45, 2.75) is 19.4 Å². The molecule has 0 spiro atoms. The van der Waals surface area contributed by atoms with E-state index in [9.17, 15) is 0 Å². The van der Waals surface area contributed by atoms with E-state index in [0.29, 0.717) is 6.04 Å². The Morgan fingerprint density at radius 3 is 2.38 bits per heavy atom. The maximum absolute atomic E-state index is 5.55. The van der Waals surface area contributed by atoms with Gasteiger partial charge < -0.3 is 15.4 Å². The van der Waals surface area contributed by atoms with E-state index >= 15 is 0 Å². The first-order valence-electron chi connectivity index (χ1n) is 10.1. The van der Waals surface area contributed by atoms with Crippen molar-refractivity contribution in [3.63, 3.8) is 0 Å². The summed E-state index contributed by atoms with van der Waals surface area (Å²) in [4.78, 5) is 6.89. The molecule has 0 radical (unpaired) electrons. The number of benzene rings is 2. The summed E-state index contributed by atoms with van der Waals surface area (Å²) in [7, 11) is 1.83. The quantitative estimate of drug-likeness (QED) is 0.342. The standard InChI is InChI=1S/C23H32N4O.HI/c1-19-8-10-21(11-9-19)22(27-14-16-28-17-15-27)18-26-23(24-2)25-13-12-20-6-4-3-5-7-20;/h3-11,22H,12-18H2,1-2H3,(H2,24,25,26);1H. The lowest BCUT2D eigenvalue weighted by Gasteiger charge is -2.35. The molecule has 158 valence electrons. The van der Waals surface area contributed by atoms with Crippen LogP contribution < -0.4 is 10.6 Å². The molecule has 0 aromatic heterocycles. The smallest absolute Gasteiger partial charge is 0.191 e. The largest absolute Gasteiger partial charge is 0.379 e. The van der Waals surface area contributed by atoms with Crippen LogP contribution in [0.25, 0.3) is 0 Å². The zero-order valence-electron chi connectivity index (χ0n) is 17.4. The molecule has 0 aliphatic carbocycles. The predicted octanol–water partition coefficient (Wildman–Crippen LogP) is 3.39. The van der Waals surface area contributed by atoms with E-state index in [-0.39, 0.29) is 24.0 Å². The fourth-order valence-corrected chi connectivity index (χ4v) is 3.52. The Bertz CT molecular complexity index is 730. The summed E-state index contributed by atoms with van der Waals surface area (Å²) in [6.07, 6.45) is 0.979. The SMILES string of the molecule is CN=C(NCCc1ccccc1)NCC(c1ccc(C)cc1)N1CCOCC1.I. The Morgan fingerprint density at radius 1 is 1.03 bits per heavy atom. The minimum absolute atomic E-state index is 0. The van der Waals surface area contributed by atoms with E-state index in [1.807, 2.05) is 13.1 Å². The van der Waals surface area contributed by atoms with Gasteiger partial charge in [0.2, 0.25) is 0 Å². The normalized spacial score (nSPS) is 16.0. The maximum atomic E-state index is 5.55. The van der Waals surface area contributed by atoms with Crippen molar-refractivity contribution in [2.75, 3.05) is 46.4 Å². The molecular weight excluding hydrogens is 475 g/mol. The first kappa shape index (κ1) is 23.6. The average Bonchev–Trinajstić information content (AvgIpc) is 2.75. The van der Waals surface area contributed by atoms with Gasteiger partial charge in [-0.05, 0) is 24.5 Å². The number of ether oxygens (including phenoxy) is 1. The molecule has 1 saturated heterocycles. The first-order valence-corrected chi connectivity index (χ1v) is 10.1. The van der Waals surface area contributed by atoms with Crippen LogP contribution in [0.1, 0.15) is 22.7 Å². The van der Waals surface area contributed by atoms with Gasteiger partial charge in [-0.1, -0.05) is 60.2 Å². The molecule has 29 heavy (non-hydrogen) atoms. The summed E-state index contributed by atoms with van der Waals surface area (Å²) < 4.78 is 5.55. The number of aliphatic imine (C=N–C) groups is 1. The third-order valence-corrected chi connectivity index (χ3v) is 5.18. The van der Waals surface area contributed by atoms with Crippen LogP contribution in [0, 0.1) is 6.92 Å². The molecular formula is C23H33IN4O. The van der Waals surface area contributed by atoms with E-state index in [4.69, 9.17) is 4.74 Å². The van der Waals surface area contributed by atoms with Gasteiger partial charge in [-0.2, -0.15) is 0 Å². The highest BCUT2D eigenvalue weighted by Crippen LogP contribution is 2.21. The van der Waals surface area contributed by atoms with Crippen molar-refractivity contribution < 1.29 is 4.74 Å². The lowest BCUT2D eigenvalue weighted by Crippen LogP contribution is -2.46. The van der Waals surface area contributed by atoms with Crippen LogP contribution in [0.5, 0.6) is 0 Å². The summed E-state index contributed by atoms with van der Waals surface area (Å²) >= 11 is 0. The average molecular weight is 508 g/mol. The molecule has 2 N–H and O–H groups in total. The highest BCUT2D eigenvalue weighted by atomic mass is 127. The second kappa shape index (κ2) is 12.8. The fraction of sp³-hybridized carbons (Fsp3) is 0.435. The molecule has 1 aliphatic rings. The summed E-state index contributed by atoms with van der Waals surface area (Å²) in [5.74, 6) is 0.848. The molecule has 2 aromatic rings. The fourth-order valence-electron chi connectivity index (χ4n) is 3.52. The number of rotatable bonds is 7. The Kier molecular flexibility index (Phi) is 10.5. The molecule has 1 aliphatic heterocycles. The molecule has 1 atom stereocenters. The van der Waals surface area contributed by atoms with Crippen LogP contribution in [-0.2, 0) is 11.2 Å². The summed E-state index contributed by atoms with van der Waals surface area (Å²) in [5, 5.41) is 6.96. The number of hydrogen-bond donors (Lipinski definition) is 2. The Hall–Kier alpha value is -1.64. The summed E-state index contributed by atoms with van der Waals surface area (Å²) in [6.45, 7) is 7.31. The monoisotopic (exact) mass is 508 g/mol. The van der Waals surface area contributed by atoms with Crippen molar-refractivity contribution >= 4 is 29.9 Å². The van der Waals surface area contributed by atoms with Gasteiger partial charge in [0, 0.05) is 33.2 Å². The molecule has 6 heteroatoms. The highest BCUT2D eigenvalue weighted by Gasteiger charge is 2.22. The molecule has 1 unspecified atom stereocenters. The lowest BCUT2D eigenvalue weighted by atomic mass is 10.0. The predicted molar refractivity (Wildman–Crippen MR) is 131 cm³/mol. The molecule has 0 bridgehead atoms. The zero-order valence-corrected chi connectivity index (χ0v) is 19.8. The number of nitrogens with zero attached hydrogens (tertiary/aromatic N) is 2. The van der Waals surface area contributed by atoms with E-state index in [0.717, 1.165) is 51.8 Å². The van der Waals surface area contributed by atoms with Gasteiger partial charge in [-0.25, -0.2) is 0 Å². The van der Waals surface area contributed by atoms with Gasteiger partial charge >= 0.3 is 0 Å². The van der Waals surface area contributed by atoms with Gasteiger partial charge in [-0.3, -0.25) is 9.89 Å². The minimum atomic E-state index is 0. The Morgan fingerprint density at radius 2 is 1.72 bits per heavy atom. The van der Waals surface area contributed by atoms with Gasteiger partial charge in [0.15, 0.2) is 5.96 Å². The van der Waals surface area contributed by atoms with Gasteiger partial charge in [0.25, 0.3) is 0 Å². The van der Waals surface area contributed by atoms with Crippen LogP contribution in [0.2, 0.25) is 0 Å². The van der Waals surface area contributed by atoms with Crippen LogP contribution >= 0.6 is 24.0 Å². The minimum Gasteiger partial charge on any atom is -0.379 e. The van der Waals surface area contributed by atoms with Crippen LogP contribution in [0.4, 0.5) is 0 Å². The second-order valence-corrected chi connectivity index (χ2v) is 7.19. The number of halogens is 1. The molecule has 0 amide bonds. The van der Waals surface area contributed by atoms with Crippen molar-refractivity contribution in [3.8, 4) is 0 Å². The number of morpholine rings is 1. The van der Waals surface area contributed by atoms with E-state index in [1.54, 1.807) is 0 Å². The van der Waals surface area contributed by atoms with Crippen molar-refractivity contribution in [3.05, 3.63) is 71.3 Å². The number of hydrogen-bond acceptors (Lipinski definition) is 3. The van der Waals surface area contributed by atoms with Crippen LogP contribution in [-0.4, -0.2) is 57.3 Å². The molecule has 1 heterocycles. The van der Waals surface area contributed by atoms with Crippen molar-refractivity contribution in [1.29, 1.82) is 0 Å². The lowest BCUT2D eigenvalue weighted by molar-refractivity contribution is 0.0170. The van der Waals surface area contributed by atoms with Gasteiger partial charge in [0.05, 0.1) is 19.3 Å². The van der Waals surface area contributed by atoms with Crippen molar-refractivity contribution in [1.82, 2.24) is 15.5 Å². The third-order valence-electron chi connectivity index (χ3n) is 5.18. The number of guanidine groups is 1. The summed E-state index contributed by atoms with van der Waals surface area (Å²) in [5.41, 5.74) is 3.95. The topological polar surface area (TPSA) is 48.9 Å².